The maximum atomic E-state index is 10.3. The summed E-state index contributed by atoms with van der Waals surface area (Å²) >= 11 is 0. The monoisotopic (exact) mass is 265 g/mol. The van der Waals surface area contributed by atoms with Crippen LogP contribution in [0.3, 0.4) is 0 Å². The minimum absolute atomic E-state index is 0.0720. The quantitative estimate of drug-likeness (QED) is 0.693. The number of benzene rings is 3. The Morgan fingerprint density at radius 3 is 2.45 bits per heavy atom. The number of aromatic hydroxyl groups is 1. The average Bonchev–Trinajstić information content (AvgIpc) is 2.47. The smallest absolute Gasteiger partial charge is 0.184 e. The first-order chi connectivity index (χ1) is 9.70. The lowest BCUT2D eigenvalue weighted by Crippen LogP contribution is -1.93. The van der Waals surface area contributed by atoms with Gasteiger partial charge in [-0.2, -0.15) is 0 Å². The van der Waals surface area contributed by atoms with Crippen molar-refractivity contribution in [1.82, 2.24) is 0 Å². The number of rotatable bonds is 2. The highest BCUT2D eigenvalue weighted by molar-refractivity contribution is 5.89. The fourth-order valence-corrected chi connectivity index (χ4v) is 2.39. The Morgan fingerprint density at radius 1 is 0.950 bits per heavy atom. The largest absolute Gasteiger partial charge is 0.504 e. The van der Waals surface area contributed by atoms with Crippen LogP contribution in [-0.2, 0) is 0 Å². The summed E-state index contributed by atoms with van der Waals surface area (Å²) in [4.78, 5) is 0. The van der Waals surface area contributed by atoms with E-state index in [0.717, 1.165) is 16.3 Å². The molecule has 0 atom stereocenters. The molecule has 0 amide bonds. The molecule has 0 unspecified atom stereocenters. The number of methoxy groups -OCH3 is 1. The molecule has 0 bridgehead atoms. The first-order valence-electron chi connectivity index (χ1n) is 6.35. The summed E-state index contributed by atoms with van der Waals surface area (Å²) in [7, 11) is 1.50. The van der Waals surface area contributed by atoms with Crippen LogP contribution in [0, 0.1) is 0 Å². The zero-order valence-corrected chi connectivity index (χ0v) is 11.1. The lowest BCUT2D eigenvalue weighted by Gasteiger charge is -2.12. The number of nitrogen functional groups attached to an aromatic ring is 1. The summed E-state index contributed by atoms with van der Waals surface area (Å²) in [6.45, 7) is 0. The van der Waals surface area contributed by atoms with E-state index in [1.165, 1.54) is 7.11 Å². The van der Waals surface area contributed by atoms with Gasteiger partial charge in [-0.3, -0.25) is 0 Å². The minimum Gasteiger partial charge on any atom is -0.504 e. The predicted octanol–water partition coefficient (Wildman–Crippen LogP) is 3.80. The molecule has 3 aromatic rings. The summed E-state index contributed by atoms with van der Waals surface area (Å²) in [5, 5.41) is 12.6. The van der Waals surface area contributed by atoms with Crippen molar-refractivity contribution in [3.63, 3.8) is 0 Å². The molecule has 0 aliphatic carbocycles. The van der Waals surface area contributed by atoms with Crippen LogP contribution in [0.2, 0.25) is 0 Å². The van der Waals surface area contributed by atoms with Crippen LogP contribution >= 0.6 is 0 Å². The molecular formula is C17H15NO2. The Kier molecular flexibility index (Phi) is 2.95. The second-order valence-corrected chi connectivity index (χ2v) is 4.65. The van der Waals surface area contributed by atoms with Crippen LogP contribution < -0.4 is 10.5 Å². The van der Waals surface area contributed by atoms with E-state index >= 15 is 0 Å². The van der Waals surface area contributed by atoms with Crippen LogP contribution in [0.4, 0.5) is 5.69 Å². The van der Waals surface area contributed by atoms with E-state index in [2.05, 4.69) is 6.07 Å². The number of anilines is 1. The SMILES string of the molecule is COc1c(N)ccc(-c2ccc3ccccc3c2)c1O. The maximum absolute atomic E-state index is 10.3. The molecule has 0 radical (unpaired) electrons. The Morgan fingerprint density at radius 2 is 1.70 bits per heavy atom. The highest BCUT2D eigenvalue weighted by atomic mass is 16.5. The molecule has 3 rings (SSSR count). The molecule has 0 aliphatic rings. The van der Waals surface area contributed by atoms with E-state index in [0.29, 0.717) is 17.0 Å². The molecule has 0 saturated carbocycles. The van der Waals surface area contributed by atoms with Crippen molar-refractivity contribution in [3.05, 3.63) is 54.6 Å². The molecule has 3 nitrogen and oxygen atoms in total. The van der Waals surface area contributed by atoms with Crippen LogP contribution in [0.15, 0.2) is 54.6 Å². The van der Waals surface area contributed by atoms with E-state index in [1.54, 1.807) is 12.1 Å². The van der Waals surface area contributed by atoms with Crippen molar-refractivity contribution < 1.29 is 9.84 Å². The number of phenolic OH excluding ortho intramolecular Hbond substituents is 1. The highest BCUT2D eigenvalue weighted by Gasteiger charge is 2.13. The standard InChI is InChI=1S/C17H15NO2/c1-20-17-15(18)9-8-14(16(17)19)13-7-6-11-4-2-3-5-12(11)10-13/h2-10,19H,18H2,1H3. The summed E-state index contributed by atoms with van der Waals surface area (Å²) in [5.41, 5.74) is 7.85. The van der Waals surface area contributed by atoms with E-state index < -0.39 is 0 Å². The topological polar surface area (TPSA) is 55.5 Å². The molecule has 0 aromatic heterocycles. The zero-order valence-electron chi connectivity index (χ0n) is 11.1. The van der Waals surface area contributed by atoms with Crippen molar-refractivity contribution in [3.8, 4) is 22.6 Å². The van der Waals surface area contributed by atoms with Gasteiger partial charge in [-0.15, -0.1) is 0 Å². The molecule has 0 aliphatic heterocycles. The van der Waals surface area contributed by atoms with E-state index in [4.69, 9.17) is 10.5 Å². The first kappa shape index (κ1) is 12.4. The van der Waals surface area contributed by atoms with Crippen LogP contribution in [-0.4, -0.2) is 12.2 Å². The summed E-state index contributed by atoms with van der Waals surface area (Å²) in [6, 6.07) is 17.7. The van der Waals surface area contributed by atoms with Gasteiger partial charge < -0.3 is 15.6 Å². The number of nitrogens with two attached hydrogens (primary N) is 1. The van der Waals surface area contributed by atoms with Gasteiger partial charge in [-0.1, -0.05) is 36.4 Å². The molecule has 0 heterocycles. The third-order valence-corrected chi connectivity index (χ3v) is 3.43. The minimum atomic E-state index is 0.0720. The van der Waals surface area contributed by atoms with E-state index in [1.807, 2.05) is 36.4 Å². The number of hydrogen-bond acceptors (Lipinski definition) is 3. The predicted molar refractivity (Wildman–Crippen MR) is 82.0 cm³/mol. The fraction of sp³-hybridized carbons (Fsp3) is 0.0588. The van der Waals surface area contributed by atoms with E-state index in [9.17, 15) is 5.11 Å². The van der Waals surface area contributed by atoms with Gasteiger partial charge in [0.1, 0.15) is 0 Å². The van der Waals surface area contributed by atoms with Crippen LogP contribution in [0.1, 0.15) is 0 Å². The molecular weight excluding hydrogens is 250 g/mol. The number of hydrogen-bond donors (Lipinski definition) is 2. The van der Waals surface area contributed by atoms with Gasteiger partial charge in [0.05, 0.1) is 12.8 Å². The molecule has 3 aromatic carbocycles. The van der Waals surface area contributed by atoms with E-state index in [-0.39, 0.29) is 5.75 Å². The van der Waals surface area contributed by atoms with Gasteiger partial charge in [-0.05, 0) is 34.5 Å². The lowest BCUT2D eigenvalue weighted by atomic mass is 10.00. The third-order valence-electron chi connectivity index (χ3n) is 3.43. The first-order valence-corrected chi connectivity index (χ1v) is 6.35. The Bertz CT molecular complexity index is 781. The number of ether oxygens (including phenoxy) is 1. The number of fused-ring (bicyclic) bond motifs is 1. The maximum Gasteiger partial charge on any atom is 0.184 e. The van der Waals surface area contributed by atoms with Gasteiger partial charge in [0.2, 0.25) is 0 Å². The normalized spacial score (nSPS) is 10.7. The second kappa shape index (κ2) is 4.78. The average molecular weight is 265 g/mol. The molecule has 0 spiro atoms. The lowest BCUT2D eigenvalue weighted by molar-refractivity contribution is 0.376. The zero-order chi connectivity index (χ0) is 14.1. The van der Waals surface area contributed by atoms with Crippen molar-refractivity contribution in [2.75, 3.05) is 12.8 Å². The van der Waals surface area contributed by atoms with Gasteiger partial charge in [-0.25, -0.2) is 0 Å². The van der Waals surface area contributed by atoms with Gasteiger partial charge in [0, 0.05) is 5.56 Å². The van der Waals surface area contributed by atoms with Gasteiger partial charge in [0.25, 0.3) is 0 Å². The van der Waals surface area contributed by atoms with Crippen molar-refractivity contribution in [2.24, 2.45) is 0 Å². The van der Waals surface area contributed by atoms with Gasteiger partial charge in [0.15, 0.2) is 11.5 Å². The molecule has 3 heteroatoms. The third kappa shape index (κ3) is 1.93. The van der Waals surface area contributed by atoms with Crippen molar-refractivity contribution >= 4 is 16.5 Å². The second-order valence-electron chi connectivity index (χ2n) is 4.65. The van der Waals surface area contributed by atoms with Crippen LogP contribution in [0.5, 0.6) is 11.5 Å². The molecule has 100 valence electrons. The number of phenols is 1. The van der Waals surface area contributed by atoms with Crippen molar-refractivity contribution in [1.29, 1.82) is 0 Å². The fourth-order valence-electron chi connectivity index (χ4n) is 2.39. The molecule has 0 fully saturated rings. The Balaban J connectivity index is 2.20. The molecule has 20 heavy (non-hydrogen) atoms. The van der Waals surface area contributed by atoms with Crippen molar-refractivity contribution in [2.45, 2.75) is 0 Å². The Labute approximate surface area is 117 Å². The molecule has 3 N–H and O–H groups in total. The van der Waals surface area contributed by atoms with Gasteiger partial charge >= 0.3 is 0 Å². The molecule has 0 saturated heterocycles. The highest BCUT2D eigenvalue weighted by Crippen LogP contribution is 2.41. The Hall–Kier alpha value is -2.68. The summed E-state index contributed by atoms with van der Waals surface area (Å²) in [5.74, 6) is 0.387. The summed E-state index contributed by atoms with van der Waals surface area (Å²) < 4.78 is 5.15. The van der Waals surface area contributed by atoms with Crippen LogP contribution in [0.25, 0.3) is 21.9 Å². The summed E-state index contributed by atoms with van der Waals surface area (Å²) in [6.07, 6.45) is 0.